The van der Waals surface area contributed by atoms with Crippen molar-refractivity contribution >= 4 is 12.0 Å². The topological polar surface area (TPSA) is 59.3 Å². The quantitative estimate of drug-likeness (QED) is 0.363. The van der Waals surface area contributed by atoms with Crippen LogP contribution in [0.1, 0.15) is 11.1 Å². The van der Waals surface area contributed by atoms with E-state index in [0.29, 0.717) is 0 Å². The molecule has 1 rings (SSSR count). The molecule has 0 radical (unpaired) electrons. The molecule has 0 aliphatic rings. The van der Waals surface area contributed by atoms with Gasteiger partial charge in [-0.2, -0.15) is 18.4 Å². The summed E-state index contributed by atoms with van der Waals surface area (Å²) in [7, 11) is 1.41. The van der Waals surface area contributed by atoms with Crippen LogP contribution in [0.4, 0.5) is 13.2 Å². The van der Waals surface area contributed by atoms with Gasteiger partial charge in [-0.25, -0.2) is 4.79 Å². The predicted octanol–water partition coefficient (Wildman–Crippen LogP) is 2.80. The second-order valence-corrected chi connectivity index (χ2v) is 3.92. The fraction of sp³-hybridized carbons (Fsp3) is 0.286. The standard InChI is InChI=1S/C14H12F3NO3/c1-20-5-6-21-13(19)11(9-18)7-10-3-2-4-12(8-10)14(15,16)17/h2-4,7-8H,5-6H2,1H3. The van der Waals surface area contributed by atoms with Crippen LogP contribution in [0.5, 0.6) is 0 Å². The lowest BCUT2D eigenvalue weighted by molar-refractivity contribution is -0.139. The first-order valence-corrected chi connectivity index (χ1v) is 5.83. The smallest absolute Gasteiger partial charge is 0.416 e. The average molecular weight is 299 g/mol. The number of halogens is 3. The van der Waals surface area contributed by atoms with Crippen molar-refractivity contribution in [2.24, 2.45) is 0 Å². The fourth-order valence-electron chi connectivity index (χ4n) is 1.40. The summed E-state index contributed by atoms with van der Waals surface area (Å²) in [5.41, 5.74) is -1.16. The molecule has 0 bridgehead atoms. The zero-order valence-corrected chi connectivity index (χ0v) is 11.1. The molecule has 0 aliphatic heterocycles. The molecule has 21 heavy (non-hydrogen) atoms. The van der Waals surface area contributed by atoms with Crippen LogP contribution in [0, 0.1) is 11.3 Å². The van der Waals surface area contributed by atoms with Gasteiger partial charge in [0.2, 0.25) is 0 Å². The van der Waals surface area contributed by atoms with Gasteiger partial charge in [0, 0.05) is 7.11 Å². The molecule has 7 heteroatoms. The van der Waals surface area contributed by atoms with E-state index in [1.807, 2.05) is 0 Å². The van der Waals surface area contributed by atoms with Crippen LogP contribution in [0.3, 0.4) is 0 Å². The second-order valence-electron chi connectivity index (χ2n) is 3.92. The first-order chi connectivity index (χ1) is 9.88. The number of benzene rings is 1. The highest BCUT2D eigenvalue weighted by atomic mass is 19.4. The van der Waals surface area contributed by atoms with E-state index in [1.165, 1.54) is 19.2 Å². The van der Waals surface area contributed by atoms with E-state index in [9.17, 15) is 18.0 Å². The minimum Gasteiger partial charge on any atom is -0.459 e. The van der Waals surface area contributed by atoms with Gasteiger partial charge < -0.3 is 9.47 Å². The number of nitriles is 1. The first-order valence-electron chi connectivity index (χ1n) is 5.83. The number of alkyl halides is 3. The molecule has 0 N–H and O–H groups in total. The third-order valence-corrected chi connectivity index (χ3v) is 2.39. The summed E-state index contributed by atoms with van der Waals surface area (Å²) in [6.45, 7) is 0.116. The average Bonchev–Trinajstić information content (AvgIpc) is 2.44. The molecule has 112 valence electrons. The van der Waals surface area contributed by atoms with Crippen LogP contribution in [-0.2, 0) is 20.4 Å². The summed E-state index contributed by atoms with van der Waals surface area (Å²) in [5, 5.41) is 8.87. The molecule has 0 spiro atoms. The Labute approximate surface area is 119 Å². The number of esters is 1. The van der Waals surface area contributed by atoms with Crippen molar-refractivity contribution in [2.45, 2.75) is 6.18 Å². The zero-order chi connectivity index (χ0) is 15.9. The Bertz CT molecular complexity index is 574. The van der Waals surface area contributed by atoms with Gasteiger partial charge in [0.15, 0.2) is 0 Å². The van der Waals surface area contributed by atoms with Gasteiger partial charge in [-0.1, -0.05) is 12.1 Å². The van der Waals surface area contributed by atoms with Crippen LogP contribution >= 0.6 is 0 Å². The lowest BCUT2D eigenvalue weighted by Gasteiger charge is -2.07. The van der Waals surface area contributed by atoms with Crippen LogP contribution in [0.2, 0.25) is 0 Å². The van der Waals surface area contributed by atoms with Gasteiger partial charge >= 0.3 is 12.1 Å². The number of hydrogen-bond donors (Lipinski definition) is 0. The molecule has 4 nitrogen and oxygen atoms in total. The Morgan fingerprint density at radius 3 is 2.67 bits per heavy atom. The van der Waals surface area contributed by atoms with Crippen molar-refractivity contribution in [1.82, 2.24) is 0 Å². The number of ether oxygens (including phenoxy) is 2. The van der Waals surface area contributed by atoms with Gasteiger partial charge in [-0.3, -0.25) is 0 Å². The highest BCUT2D eigenvalue weighted by Crippen LogP contribution is 2.29. The van der Waals surface area contributed by atoms with E-state index in [0.717, 1.165) is 18.2 Å². The molecule has 1 aromatic carbocycles. The maximum Gasteiger partial charge on any atom is 0.416 e. The molecule has 0 unspecified atom stereocenters. The summed E-state index contributed by atoms with van der Waals surface area (Å²) in [6, 6.07) is 5.90. The van der Waals surface area contributed by atoms with Gasteiger partial charge in [0.25, 0.3) is 0 Å². The van der Waals surface area contributed by atoms with E-state index < -0.39 is 17.7 Å². The van der Waals surface area contributed by atoms with Crippen LogP contribution in [-0.4, -0.2) is 26.3 Å². The number of carbonyl (C=O) groups is 1. The van der Waals surface area contributed by atoms with Crippen molar-refractivity contribution in [2.75, 3.05) is 20.3 Å². The number of carbonyl (C=O) groups excluding carboxylic acids is 1. The lowest BCUT2D eigenvalue weighted by Crippen LogP contribution is -2.11. The minimum absolute atomic E-state index is 0.0447. The summed E-state index contributed by atoms with van der Waals surface area (Å²) < 4.78 is 47.1. The molecule has 0 fully saturated rings. The van der Waals surface area contributed by atoms with E-state index in [2.05, 4.69) is 4.74 Å². The summed E-state index contributed by atoms with van der Waals surface area (Å²) in [5.74, 6) is -0.910. The second kappa shape index (κ2) is 7.45. The highest BCUT2D eigenvalue weighted by Gasteiger charge is 2.30. The molecule has 0 atom stereocenters. The zero-order valence-electron chi connectivity index (χ0n) is 11.1. The third-order valence-electron chi connectivity index (χ3n) is 2.39. The van der Waals surface area contributed by atoms with Gasteiger partial charge in [-0.15, -0.1) is 0 Å². The summed E-state index contributed by atoms with van der Waals surface area (Å²) >= 11 is 0. The number of nitrogens with zero attached hydrogens (tertiary/aromatic N) is 1. The lowest BCUT2D eigenvalue weighted by atomic mass is 10.1. The first kappa shape index (κ1) is 16.7. The van der Waals surface area contributed by atoms with Crippen molar-refractivity contribution in [3.63, 3.8) is 0 Å². The molecule has 0 aliphatic carbocycles. The normalized spacial score (nSPS) is 11.9. The van der Waals surface area contributed by atoms with Gasteiger partial charge in [0.05, 0.1) is 12.2 Å². The molecular formula is C14H12F3NO3. The van der Waals surface area contributed by atoms with Crippen LogP contribution < -0.4 is 0 Å². The third kappa shape index (κ3) is 5.28. The molecule has 0 saturated carbocycles. The monoisotopic (exact) mass is 299 g/mol. The Morgan fingerprint density at radius 2 is 2.10 bits per heavy atom. The van der Waals surface area contributed by atoms with Crippen molar-refractivity contribution < 1.29 is 27.4 Å². The van der Waals surface area contributed by atoms with Crippen molar-refractivity contribution in [3.05, 3.63) is 41.0 Å². The Kier molecular flexibility index (Phi) is 5.93. The Hall–Kier alpha value is -2.33. The predicted molar refractivity (Wildman–Crippen MR) is 67.9 cm³/mol. The Balaban J connectivity index is 2.93. The van der Waals surface area contributed by atoms with Gasteiger partial charge in [-0.05, 0) is 23.8 Å². The van der Waals surface area contributed by atoms with E-state index in [-0.39, 0.29) is 24.4 Å². The number of rotatable bonds is 5. The molecule has 0 heterocycles. The van der Waals surface area contributed by atoms with E-state index in [1.54, 1.807) is 6.07 Å². The van der Waals surface area contributed by atoms with E-state index >= 15 is 0 Å². The molecule has 1 aromatic rings. The molecule has 0 amide bonds. The van der Waals surface area contributed by atoms with Crippen LogP contribution in [0.15, 0.2) is 29.8 Å². The Morgan fingerprint density at radius 1 is 1.38 bits per heavy atom. The number of hydrogen-bond acceptors (Lipinski definition) is 4. The van der Waals surface area contributed by atoms with Crippen molar-refractivity contribution in [1.29, 1.82) is 5.26 Å². The SMILES string of the molecule is COCCOC(=O)C(C#N)=Cc1cccc(C(F)(F)F)c1. The fourth-order valence-corrected chi connectivity index (χ4v) is 1.40. The number of methoxy groups -OCH3 is 1. The maximum atomic E-state index is 12.6. The highest BCUT2D eigenvalue weighted by molar-refractivity contribution is 5.97. The van der Waals surface area contributed by atoms with Crippen molar-refractivity contribution in [3.8, 4) is 6.07 Å². The molecule has 0 saturated heterocycles. The maximum absolute atomic E-state index is 12.6. The summed E-state index contributed by atoms with van der Waals surface area (Å²) in [4.78, 5) is 11.5. The van der Waals surface area contributed by atoms with Crippen LogP contribution in [0.25, 0.3) is 6.08 Å². The minimum atomic E-state index is -4.49. The molecule has 0 aromatic heterocycles. The van der Waals surface area contributed by atoms with Gasteiger partial charge in [0.1, 0.15) is 18.2 Å². The molecular weight excluding hydrogens is 287 g/mol. The van der Waals surface area contributed by atoms with E-state index in [4.69, 9.17) is 10.00 Å². The largest absolute Gasteiger partial charge is 0.459 e. The summed E-state index contributed by atoms with van der Waals surface area (Å²) in [6.07, 6.45) is -3.44.